The van der Waals surface area contributed by atoms with Crippen molar-refractivity contribution < 1.29 is 9.53 Å². The molecule has 0 saturated heterocycles. The Balaban J connectivity index is 2.35. The number of hydrogen-bond acceptors (Lipinski definition) is 3. The monoisotopic (exact) mass is 338 g/mol. The summed E-state index contributed by atoms with van der Waals surface area (Å²) in [4.78, 5) is 12.2. The van der Waals surface area contributed by atoms with Gasteiger partial charge in [0, 0.05) is 15.4 Å². The van der Waals surface area contributed by atoms with Crippen LogP contribution in [0.3, 0.4) is 0 Å². The predicted octanol–water partition coefficient (Wildman–Crippen LogP) is 5.13. The largest absolute Gasteiger partial charge is 0.456 e. The van der Waals surface area contributed by atoms with Gasteiger partial charge in [0.1, 0.15) is 5.60 Å². The number of thiophene rings is 1. The lowest BCUT2D eigenvalue weighted by molar-refractivity contribution is 0.00711. The molecule has 0 radical (unpaired) electrons. The van der Waals surface area contributed by atoms with Gasteiger partial charge in [0.25, 0.3) is 0 Å². The lowest BCUT2D eigenvalue weighted by Crippen LogP contribution is -2.23. The van der Waals surface area contributed by atoms with E-state index in [0.29, 0.717) is 5.56 Å². The first-order valence-electron chi connectivity index (χ1n) is 5.92. The number of carbonyl (C=O) groups excluding carboxylic acids is 1. The molecule has 0 fully saturated rings. The summed E-state index contributed by atoms with van der Waals surface area (Å²) in [5, 5.41) is 3.81. The van der Waals surface area contributed by atoms with Crippen molar-refractivity contribution in [2.24, 2.45) is 0 Å². The summed E-state index contributed by atoms with van der Waals surface area (Å²) in [5.74, 6) is -0.274. The third-order valence-electron chi connectivity index (χ3n) is 2.42. The zero-order valence-electron chi connectivity index (χ0n) is 11.1. The number of rotatable bonds is 2. The van der Waals surface area contributed by atoms with Crippen LogP contribution in [-0.4, -0.2) is 11.6 Å². The van der Waals surface area contributed by atoms with Gasteiger partial charge in [-0.2, -0.15) is 11.3 Å². The van der Waals surface area contributed by atoms with Crippen LogP contribution < -0.4 is 0 Å². The van der Waals surface area contributed by atoms with Gasteiger partial charge in [-0.1, -0.05) is 28.1 Å². The Bertz CT molecular complexity index is 596. The molecule has 4 heteroatoms. The van der Waals surface area contributed by atoms with E-state index in [4.69, 9.17) is 4.74 Å². The van der Waals surface area contributed by atoms with Gasteiger partial charge in [0.2, 0.25) is 0 Å². The summed E-state index contributed by atoms with van der Waals surface area (Å²) in [5.41, 5.74) is 2.07. The van der Waals surface area contributed by atoms with Gasteiger partial charge < -0.3 is 4.74 Å². The Morgan fingerprint density at radius 2 is 2.00 bits per heavy atom. The minimum atomic E-state index is -0.479. The van der Waals surface area contributed by atoms with Crippen molar-refractivity contribution in [2.75, 3.05) is 0 Å². The number of hydrogen-bond donors (Lipinski definition) is 0. The van der Waals surface area contributed by atoms with E-state index in [9.17, 15) is 4.79 Å². The van der Waals surface area contributed by atoms with E-state index in [1.165, 1.54) is 11.3 Å². The molecule has 0 aliphatic rings. The number of carbonyl (C=O) groups is 1. The van der Waals surface area contributed by atoms with E-state index >= 15 is 0 Å². The molecule has 1 aromatic carbocycles. The summed E-state index contributed by atoms with van der Waals surface area (Å²) in [7, 11) is 0. The molecule has 2 nitrogen and oxygen atoms in total. The molecule has 2 rings (SSSR count). The highest BCUT2D eigenvalue weighted by molar-refractivity contribution is 9.10. The fourth-order valence-corrected chi connectivity index (χ4v) is 2.89. The summed E-state index contributed by atoms with van der Waals surface area (Å²) >= 11 is 4.95. The van der Waals surface area contributed by atoms with Crippen LogP contribution in [0.2, 0.25) is 0 Å². The zero-order valence-corrected chi connectivity index (χ0v) is 13.5. The average molecular weight is 339 g/mol. The molecule has 100 valence electrons. The van der Waals surface area contributed by atoms with Gasteiger partial charge >= 0.3 is 5.97 Å². The molecule has 0 spiro atoms. The van der Waals surface area contributed by atoms with E-state index in [0.717, 1.165) is 15.6 Å². The second-order valence-corrected chi connectivity index (χ2v) is 6.87. The summed E-state index contributed by atoms with van der Waals surface area (Å²) in [6.45, 7) is 5.61. The van der Waals surface area contributed by atoms with Crippen molar-refractivity contribution in [3.05, 3.63) is 45.1 Å². The maximum absolute atomic E-state index is 12.2. The Kier molecular flexibility index (Phi) is 4.11. The maximum atomic E-state index is 12.2. The van der Waals surface area contributed by atoms with Crippen LogP contribution in [0.25, 0.3) is 11.1 Å². The van der Waals surface area contributed by atoms with Gasteiger partial charge in [-0.3, -0.25) is 0 Å². The van der Waals surface area contributed by atoms with Gasteiger partial charge in [0.15, 0.2) is 0 Å². The van der Waals surface area contributed by atoms with Crippen molar-refractivity contribution in [2.45, 2.75) is 26.4 Å². The summed E-state index contributed by atoms with van der Waals surface area (Å²) in [6.07, 6.45) is 0. The summed E-state index contributed by atoms with van der Waals surface area (Å²) < 4.78 is 6.42. The molecule has 0 bridgehead atoms. The smallest absolute Gasteiger partial charge is 0.340 e. The normalized spacial score (nSPS) is 11.4. The standard InChI is InChI=1S/C15H15BrO2S/c1-15(2,3)18-14(17)13-9-19-8-12(13)10-5-4-6-11(16)7-10/h4-9H,1-3H3. The van der Waals surface area contributed by atoms with E-state index in [2.05, 4.69) is 15.9 Å². The highest BCUT2D eigenvalue weighted by Gasteiger charge is 2.21. The van der Waals surface area contributed by atoms with Crippen LogP contribution in [0.15, 0.2) is 39.5 Å². The van der Waals surface area contributed by atoms with E-state index < -0.39 is 5.60 Å². The minimum Gasteiger partial charge on any atom is -0.456 e. The van der Waals surface area contributed by atoms with Gasteiger partial charge in [0.05, 0.1) is 5.56 Å². The van der Waals surface area contributed by atoms with Crippen molar-refractivity contribution >= 4 is 33.2 Å². The lowest BCUT2D eigenvalue weighted by Gasteiger charge is -2.19. The van der Waals surface area contributed by atoms with E-state index in [1.807, 2.05) is 55.8 Å². The van der Waals surface area contributed by atoms with E-state index in [1.54, 1.807) is 0 Å². The molecule has 0 aliphatic heterocycles. The molecule has 1 heterocycles. The third-order valence-corrected chi connectivity index (χ3v) is 3.65. The maximum Gasteiger partial charge on any atom is 0.340 e. The topological polar surface area (TPSA) is 26.3 Å². The second-order valence-electron chi connectivity index (χ2n) is 5.21. The van der Waals surface area contributed by atoms with Crippen LogP contribution in [-0.2, 0) is 4.74 Å². The zero-order chi connectivity index (χ0) is 14.0. The van der Waals surface area contributed by atoms with Crippen LogP contribution in [0.1, 0.15) is 31.1 Å². The summed E-state index contributed by atoms with van der Waals surface area (Å²) in [6, 6.07) is 7.90. The predicted molar refractivity (Wildman–Crippen MR) is 82.6 cm³/mol. The first-order chi connectivity index (χ1) is 8.87. The van der Waals surface area contributed by atoms with Gasteiger partial charge in [-0.25, -0.2) is 4.79 Å². The molecule has 0 aliphatic carbocycles. The van der Waals surface area contributed by atoms with Gasteiger partial charge in [-0.15, -0.1) is 0 Å². The molecule has 0 amide bonds. The molecule has 0 atom stereocenters. The Morgan fingerprint density at radius 3 is 2.63 bits per heavy atom. The van der Waals surface area contributed by atoms with Crippen molar-refractivity contribution in [3.8, 4) is 11.1 Å². The molecule has 0 N–H and O–H groups in total. The second kappa shape index (κ2) is 5.47. The molecule has 2 aromatic rings. The fourth-order valence-electron chi connectivity index (χ4n) is 1.67. The highest BCUT2D eigenvalue weighted by Crippen LogP contribution is 2.30. The molecule has 0 unspecified atom stereocenters. The first kappa shape index (κ1) is 14.3. The van der Waals surface area contributed by atoms with Gasteiger partial charge in [-0.05, 0) is 43.8 Å². The van der Waals surface area contributed by atoms with Crippen LogP contribution in [0.5, 0.6) is 0 Å². The third kappa shape index (κ3) is 3.67. The number of benzene rings is 1. The van der Waals surface area contributed by atoms with E-state index in [-0.39, 0.29) is 5.97 Å². The Hall–Kier alpha value is -1.13. The number of esters is 1. The molecular weight excluding hydrogens is 324 g/mol. The quantitative estimate of drug-likeness (QED) is 0.709. The fraction of sp³-hybridized carbons (Fsp3) is 0.267. The Morgan fingerprint density at radius 1 is 1.26 bits per heavy atom. The van der Waals surface area contributed by atoms with Crippen molar-refractivity contribution in [1.29, 1.82) is 0 Å². The van der Waals surface area contributed by atoms with Crippen molar-refractivity contribution in [1.82, 2.24) is 0 Å². The average Bonchev–Trinajstić information content (AvgIpc) is 2.75. The molecule has 19 heavy (non-hydrogen) atoms. The lowest BCUT2D eigenvalue weighted by atomic mass is 10.0. The molecule has 1 aromatic heterocycles. The highest BCUT2D eigenvalue weighted by atomic mass is 79.9. The number of ether oxygens (including phenoxy) is 1. The van der Waals surface area contributed by atoms with Crippen LogP contribution in [0.4, 0.5) is 0 Å². The molecule has 0 saturated carbocycles. The Labute approximate surface area is 125 Å². The number of halogens is 1. The first-order valence-corrected chi connectivity index (χ1v) is 7.66. The SMILES string of the molecule is CC(C)(C)OC(=O)c1cscc1-c1cccc(Br)c1. The molecular formula is C15H15BrO2S. The van der Waals surface area contributed by atoms with Crippen LogP contribution in [0, 0.1) is 0 Å². The van der Waals surface area contributed by atoms with Crippen LogP contribution >= 0.6 is 27.3 Å². The van der Waals surface area contributed by atoms with Crippen molar-refractivity contribution in [3.63, 3.8) is 0 Å². The minimum absolute atomic E-state index is 0.274.